The second kappa shape index (κ2) is 11.1. The largest absolute Gasteiger partial charge is 0.370 e. The fourth-order valence-corrected chi connectivity index (χ4v) is 7.15. The first-order valence-electron chi connectivity index (χ1n) is 13.8. The Bertz CT molecular complexity index is 1700. The van der Waals surface area contributed by atoms with E-state index in [1.54, 1.807) is 28.3 Å². The fraction of sp³-hybridized carbons (Fsp3) is 0.290. The highest BCUT2D eigenvalue weighted by atomic mass is 32.1. The molecule has 3 atom stereocenters. The summed E-state index contributed by atoms with van der Waals surface area (Å²) in [5, 5.41) is 11.3. The molecule has 0 saturated carbocycles. The van der Waals surface area contributed by atoms with Crippen molar-refractivity contribution in [3.05, 3.63) is 83.2 Å². The number of benzene rings is 3. The first kappa shape index (κ1) is 27.7. The molecular weight excluding hydrogens is 552 g/mol. The minimum atomic E-state index is -1.11. The van der Waals surface area contributed by atoms with E-state index >= 15 is 0 Å². The van der Waals surface area contributed by atoms with Crippen LogP contribution in [0.1, 0.15) is 24.5 Å². The quantitative estimate of drug-likeness (QED) is 0.361. The number of amides is 5. The summed E-state index contributed by atoms with van der Waals surface area (Å²) in [6.45, 7) is 2.26. The van der Waals surface area contributed by atoms with Crippen molar-refractivity contribution in [2.45, 2.75) is 44.7 Å². The van der Waals surface area contributed by atoms with Crippen LogP contribution < -0.4 is 11.1 Å². The van der Waals surface area contributed by atoms with Gasteiger partial charge < -0.3 is 20.9 Å². The van der Waals surface area contributed by atoms with E-state index in [0.29, 0.717) is 0 Å². The number of likely N-dealkylation sites (N-methyl/N-ethyl adjacent to an activating group) is 1. The summed E-state index contributed by atoms with van der Waals surface area (Å²) < 4.78 is 1.10. The van der Waals surface area contributed by atoms with Crippen LogP contribution in [0.25, 0.3) is 20.9 Å². The Hall–Kier alpha value is -4.48. The molecule has 0 bridgehead atoms. The maximum absolute atomic E-state index is 13.9. The van der Waals surface area contributed by atoms with Crippen LogP contribution >= 0.6 is 11.3 Å². The lowest BCUT2D eigenvalue weighted by molar-refractivity contribution is -0.196. The molecule has 1 aromatic heterocycles. The van der Waals surface area contributed by atoms with Gasteiger partial charge in [-0.25, -0.2) is 14.8 Å². The summed E-state index contributed by atoms with van der Waals surface area (Å²) in [6.07, 6.45) is -1.17. The second-order valence-corrected chi connectivity index (χ2v) is 11.7. The average Bonchev–Trinajstić information content (AvgIpc) is 3.38. The molecule has 0 spiro atoms. The number of hydrazine groups is 1. The van der Waals surface area contributed by atoms with Gasteiger partial charge in [-0.15, -0.1) is 11.3 Å². The zero-order chi connectivity index (χ0) is 29.5. The number of piperazine rings is 1. The van der Waals surface area contributed by atoms with Gasteiger partial charge in [0.05, 0.1) is 19.0 Å². The van der Waals surface area contributed by atoms with Crippen LogP contribution in [0.3, 0.4) is 0 Å². The van der Waals surface area contributed by atoms with Gasteiger partial charge in [0.1, 0.15) is 12.2 Å². The van der Waals surface area contributed by atoms with E-state index in [1.807, 2.05) is 79.0 Å². The number of thiophene rings is 1. The highest BCUT2D eigenvalue weighted by Gasteiger charge is 2.54. The van der Waals surface area contributed by atoms with Gasteiger partial charge in [0.25, 0.3) is 0 Å². The van der Waals surface area contributed by atoms with Gasteiger partial charge in [-0.3, -0.25) is 14.4 Å². The van der Waals surface area contributed by atoms with Gasteiger partial charge in [0, 0.05) is 24.8 Å². The highest BCUT2D eigenvalue weighted by Crippen LogP contribution is 2.34. The number of primary amides is 1. The summed E-state index contributed by atoms with van der Waals surface area (Å²) in [4.78, 5) is 56.4. The standard InChI is InChI=1S/C31H32N6O4S/c1-19-29-36(25(14-27(32)38)30(40)35(19)16-22-18-42-26-13-6-5-12-24(22)26)28(39)17-34(2)37(29)31(41)33-15-21-10-7-9-20-8-3-4-11-23(20)21/h3-13,18-19,25,29H,14-17H2,1-2H3,(H2,32,38)(H,33,41)/t19-,25-,29-/m0/s1. The van der Waals surface area contributed by atoms with Crippen molar-refractivity contribution < 1.29 is 19.2 Å². The van der Waals surface area contributed by atoms with Crippen LogP contribution in [0, 0.1) is 0 Å². The lowest BCUT2D eigenvalue weighted by Crippen LogP contribution is -2.78. The zero-order valence-electron chi connectivity index (χ0n) is 23.4. The molecule has 6 rings (SSSR count). The van der Waals surface area contributed by atoms with E-state index in [1.165, 1.54) is 9.91 Å². The fourth-order valence-electron chi connectivity index (χ4n) is 6.20. The van der Waals surface area contributed by atoms with Gasteiger partial charge in [0.15, 0.2) is 0 Å². The SMILES string of the molecule is C[C@H]1[C@H]2N(C(=O)CN(C)N2C(=O)NCc2cccc3ccccc23)[C@@H](CC(N)=O)C(=O)N1Cc1csc2ccccc12. The number of hydrogen-bond donors (Lipinski definition) is 2. The van der Waals surface area contributed by atoms with Crippen molar-refractivity contribution in [2.75, 3.05) is 13.6 Å². The predicted molar refractivity (Wildman–Crippen MR) is 161 cm³/mol. The Morgan fingerprint density at radius 2 is 1.69 bits per heavy atom. The van der Waals surface area contributed by atoms with Gasteiger partial charge in [-0.2, -0.15) is 0 Å². The van der Waals surface area contributed by atoms with Crippen molar-refractivity contribution in [3.8, 4) is 0 Å². The number of urea groups is 1. The van der Waals surface area contributed by atoms with Gasteiger partial charge in [-0.05, 0) is 45.7 Å². The maximum Gasteiger partial charge on any atom is 0.334 e. The molecule has 2 saturated heterocycles. The highest BCUT2D eigenvalue weighted by molar-refractivity contribution is 7.17. The summed E-state index contributed by atoms with van der Waals surface area (Å²) in [6, 6.07) is 19.8. The summed E-state index contributed by atoms with van der Waals surface area (Å²) >= 11 is 1.59. The number of nitrogens with one attached hydrogen (secondary N) is 1. The van der Waals surface area contributed by atoms with Crippen molar-refractivity contribution in [1.29, 1.82) is 0 Å². The normalized spacial score (nSPS) is 21.2. The third kappa shape index (κ3) is 4.84. The molecule has 2 aliphatic heterocycles. The molecule has 2 aliphatic rings. The summed E-state index contributed by atoms with van der Waals surface area (Å²) in [7, 11) is 1.68. The van der Waals surface area contributed by atoms with E-state index in [4.69, 9.17) is 5.73 Å². The predicted octanol–water partition coefficient (Wildman–Crippen LogP) is 3.26. The molecule has 216 valence electrons. The molecule has 4 aromatic rings. The Kier molecular flexibility index (Phi) is 7.29. The van der Waals surface area contributed by atoms with Crippen molar-refractivity contribution in [1.82, 2.24) is 25.1 Å². The smallest absolute Gasteiger partial charge is 0.334 e. The van der Waals surface area contributed by atoms with Crippen LogP contribution in [0.15, 0.2) is 72.1 Å². The zero-order valence-corrected chi connectivity index (χ0v) is 24.2. The average molecular weight is 585 g/mol. The third-order valence-corrected chi connectivity index (χ3v) is 9.21. The molecule has 3 heterocycles. The minimum absolute atomic E-state index is 0.122. The molecule has 5 amide bonds. The Morgan fingerprint density at radius 1 is 0.976 bits per heavy atom. The van der Waals surface area contributed by atoms with Gasteiger partial charge >= 0.3 is 6.03 Å². The van der Waals surface area contributed by atoms with E-state index in [9.17, 15) is 19.2 Å². The number of fused-ring (bicyclic) bond motifs is 3. The molecular formula is C31H32N6O4S. The topological polar surface area (TPSA) is 119 Å². The van der Waals surface area contributed by atoms with Crippen LogP contribution in [-0.4, -0.2) is 75.4 Å². The van der Waals surface area contributed by atoms with Crippen molar-refractivity contribution in [3.63, 3.8) is 0 Å². The third-order valence-electron chi connectivity index (χ3n) is 8.20. The van der Waals surface area contributed by atoms with Crippen LogP contribution in [-0.2, 0) is 27.5 Å². The van der Waals surface area contributed by atoms with Gasteiger partial charge in [-0.1, -0.05) is 60.7 Å². The Balaban J connectivity index is 1.33. The molecule has 3 N–H and O–H groups in total. The molecule has 0 aliphatic carbocycles. The van der Waals surface area contributed by atoms with Crippen molar-refractivity contribution >= 4 is 55.9 Å². The first-order valence-corrected chi connectivity index (χ1v) is 14.7. The Labute approximate surface area is 247 Å². The Morgan fingerprint density at radius 3 is 2.48 bits per heavy atom. The van der Waals surface area contributed by atoms with E-state index in [-0.39, 0.29) is 37.9 Å². The van der Waals surface area contributed by atoms with Crippen LogP contribution in [0.5, 0.6) is 0 Å². The van der Waals surface area contributed by atoms with E-state index < -0.39 is 30.2 Å². The first-order chi connectivity index (χ1) is 20.2. The maximum atomic E-state index is 13.9. The lowest BCUT2D eigenvalue weighted by atomic mass is 9.97. The second-order valence-electron chi connectivity index (χ2n) is 10.8. The van der Waals surface area contributed by atoms with Gasteiger partial charge in [0.2, 0.25) is 17.7 Å². The number of carbonyl (C=O) groups is 4. The number of nitrogens with zero attached hydrogens (tertiary/aromatic N) is 4. The van der Waals surface area contributed by atoms with E-state index in [2.05, 4.69) is 5.32 Å². The molecule has 42 heavy (non-hydrogen) atoms. The monoisotopic (exact) mass is 584 g/mol. The molecule has 0 radical (unpaired) electrons. The van der Waals surface area contributed by atoms with Crippen LogP contribution in [0.4, 0.5) is 4.79 Å². The summed E-state index contributed by atoms with van der Waals surface area (Å²) in [5.74, 6) is -1.39. The molecule has 2 fully saturated rings. The number of nitrogens with two attached hydrogens (primary N) is 1. The number of carbonyl (C=O) groups excluding carboxylic acids is 4. The molecule has 0 unspecified atom stereocenters. The number of hydrogen-bond acceptors (Lipinski definition) is 6. The molecule has 10 nitrogen and oxygen atoms in total. The lowest BCUT2D eigenvalue weighted by Gasteiger charge is -2.57. The number of rotatable bonds is 6. The van der Waals surface area contributed by atoms with Crippen molar-refractivity contribution in [2.24, 2.45) is 5.73 Å². The van der Waals surface area contributed by atoms with Crippen LogP contribution in [0.2, 0.25) is 0 Å². The minimum Gasteiger partial charge on any atom is -0.370 e. The molecule has 11 heteroatoms. The van der Waals surface area contributed by atoms with E-state index in [0.717, 1.165) is 32.0 Å². The molecule has 3 aromatic carbocycles. The summed E-state index contributed by atoms with van der Waals surface area (Å²) in [5.41, 5.74) is 7.49.